The van der Waals surface area contributed by atoms with Crippen molar-refractivity contribution in [3.63, 3.8) is 0 Å². The van der Waals surface area contributed by atoms with Gasteiger partial charge in [-0.05, 0) is 109 Å². The number of ether oxygens (including phenoxy) is 2. The summed E-state index contributed by atoms with van der Waals surface area (Å²) in [4.78, 5) is 18.5. The minimum atomic E-state index is -0.609. The zero-order valence-corrected chi connectivity index (χ0v) is 26.3. The Hall–Kier alpha value is -4.30. The number of allylic oxidation sites excluding steroid dienone is 1. The van der Waals surface area contributed by atoms with E-state index in [4.69, 9.17) is 14.5 Å². The van der Waals surface area contributed by atoms with Gasteiger partial charge >= 0.3 is 0 Å². The molecule has 0 saturated heterocycles. The maximum atomic E-state index is 13.7. The molecule has 4 aromatic carbocycles. The van der Waals surface area contributed by atoms with Crippen LogP contribution in [0.3, 0.4) is 0 Å². The highest BCUT2D eigenvalue weighted by Crippen LogP contribution is 2.46. The van der Waals surface area contributed by atoms with Gasteiger partial charge in [0.25, 0.3) is 5.91 Å². The van der Waals surface area contributed by atoms with Crippen molar-refractivity contribution >= 4 is 33.1 Å². The van der Waals surface area contributed by atoms with Crippen molar-refractivity contribution in [3.8, 4) is 21.7 Å². The number of amides is 1. The van der Waals surface area contributed by atoms with E-state index < -0.39 is 6.29 Å². The summed E-state index contributed by atoms with van der Waals surface area (Å²) in [5.74, 6) is -0.237. The minimum absolute atomic E-state index is 0.0549. The van der Waals surface area contributed by atoms with Crippen LogP contribution in [0.25, 0.3) is 31.9 Å². The third kappa shape index (κ3) is 5.79. The van der Waals surface area contributed by atoms with Gasteiger partial charge in [-0.3, -0.25) is 4.79 Å². The van der Waals surface area contributed by atoms with Crippen molar-refractivity contribution in [2.24, 2.45) is 5.92 Å². The Labute approximate surface area is 267 Å². The van der Waals surface area contributed by atoms with Gasteiger partial charge in [-0.1, -0.05) is 48.5 Å². The van der Waals surface area contributed by atoms with E-state index in [9.17, 15) is 9.90 Å². The Morgan fingerprint density at radius 3 is 2.69 bits per heavy atom. The summed E-state index contributed by atoms with van der Waals surface area (Å²) in [6, 6.07) is 29.0. The number of fused-ring (bicyclic) bond motifs is 4. The molecule has 2 aliphatic rings. The largest absolute Gasteiger partial charge is 0.459 e. The third-order valence-electron chi connectivity index (χ3n) is 8.81. The average Bonchev–Trinajstić information content (AvgIpc) is 3.66. The lowest BCUT2D eigenvalue weighted by atomic mass is 9.78. The quantitative estimate of drug-likeness (QED) is 0.171. The molecule has 5 aromatic rings. The van der Waals surface area contributed by atoms with Crippen LogP contribution < -0.4 is 5.32 Å². The number of rotatable bonds is 9. The summed E-state index contributed by atoms with van der Waals surface area (Å²) in [7, 11) is 0. The molecular weight excluding hydrogens is 580 g/mol. The Morgan fingerprint density at radius 2 is 1.87 bits per heavy atom. The number of carbonyl (C=O) groups is 1. The number of anilines is 1. The van der Waals surface area contributed by atoms with Crippen LogP contribution in [0.15, 0.2) is 96.8 Å². The average molecular weight is 617 g/mol. The van der Waals surface area contributed by atoms with E-state index in [-0.39, 0.29) is 30.1 Å². The standard InChI is InChI=1S/C38H36N2O4S/c1-3-43-38-30(12-7-19-41)32(29-11-6-10-28-27-9-5-4-8-25(27)21-31(28)29)22-34(44-38)36(42)39-26-16-14-24(15-17-26)37-40-33-18-13-23(2)20-35(33)45-37/h4-6,8-11,13-18,20,22,30,32,38,41H,3,7,12,19,21H2,1-2H3,(H,39,42). The molecule has 3 unspecified atom stereocenters. The minimum Gasteiger partial charge on any atom is -0.459 e. The third-order valence-corrected chi connectivity index (χ3v) is 9.88. The van der Waals surface area contributed by atoms with E-state index in [0.29, 0.717) is 25.1 Å². The second-order valence-electron chi connectivity index (χ2n) is 11.8. The van der Waals surface area contributed by atoms with Crippen molar-refractivity contribution in [1.82, 2.24) is 4.98 Å². The molecule has 7 rings (SSSR count). The van der Waals surface area contributed by atoms with Gasteiger partial charge < -0.3 is 19.9 Å². The molecule has 0 fully saturated rings. The van der Waals surface area contributed by atoms with Crippen LogP contribution >= 0.6 is 11.3 Å². The zero-order chi connectivity index (χ0) is 30.9. The number of aliphatic hydroxyl groups excluding tert-OH is 1. The van der Waals surface area contributed by atoms with E-state index in [1.54, 1.807) is 11.3 Å². The predicted octanol–water partition coefficient (Wildman–Crippen LogP) is 8.23. The molecule has 2 N–H and O–H groups in total. The number of nitrogens with one attached hydrogen (secondary N) is 1. The number of aryl methyl sites for hydroxylation is 1. The van der Waals surface area contributed by atoms with Gasteiger partial charge in [0.2, 0.25) is 6.29 Å². The first kappa shape index (κ1) is 29.4. The second kappa shape index (κ2) is 12.6. The van der Waals surface area contributed by atoms with E-state index in [2.05, 4.69) is 72.9 Å². The summed E-state index contributed by atoms with van der Waals surface area (Å²) in [6.07, 6.45) is 3.53. The molecule has 1 aliphatic carbocycles. The molecule has 1 amide bonds. The van der Waals surface area contributed by atoms with Crippen LogP contribution in [0, 0.1) is 12.8 Å². The first-order valence-electron chi connectivity index (χ1n) is 15.6. The van der Waals surface area contributed by atoms with Crippen molar-refractivity contribution in [2.45, 2.75) is 45.3 Å². The number of benzene rings is 4. The molecule has 7 heteroatoms. The van der Waals surface area contributed by atoms with Crippen LogP contribution in [0.1, 0.15) is 47.9 Å². The number of thiazole rings is 1. The normalized spacial score (nSPS) is 18.6. The van der Waals surface area contributed by atoms with Gasteiger partial charge in [0.15, 0.2) is 5.76 Å². The highest BCUT2D eigenvalue weighted by molar-refractivity contribution is 7.21. The Bertz CT molecular complexity index is 1890. The van der Waals surface area contributed by atoms with Gasteiger partial charge in [0.1, 0.15) is 5.01 Å². The molecule has 0 bridgehead atoms. The van der Waals surface area contributed by atoms with Crippen LogP contribution in [-0.2, 0) is 20.7 Å². The molecule has 0 radical (unpaired) electrons. The smallest absolute Gasteiger partial charge is 0.290 e. The number of nitrogens with zero attached hydrogens (tertiary/aromatic N) is 1. The Kier molecular flexibility index (Phi) is 8.23. The van der Waals surface area contributed by atoms with Crippen LogP contribution in [-0.4, -0.2) is 35.5 Å². The maximum absolute atomic E-state index is 13.7. The molecule has 0 saturated carbocycles. The fourth-order valence-electron chi connectivity index (χ4n) is 6.66. The summed E-state index contributed by atoms with van der Waals surface area (Å²) >= 11 is 1.66. The van der Waals surface area contributed by atoms with E-state index in [0.717, 1.165) is 27.2 Å². The van der Waals surface area contributed by atoms with Crippen LogP contribution in [0.2, 0.25) is 0 Å². The van der Waals surface area contributed by atoms with Gasteiger partial charge in [0.05, 0.1) is 10.2 Å². The van der Waals surface area contributed by atoms with E-state index in [1.165, 1.54) is 33.4 Å². The SMILES string of the molecule is CCOC1OC(C(=O)Nc2ccc(-c3nc4ccc(C)cc4s3)cc2)=CC(c2cccc3c2Cc2ccccc2-3)C1CCCO. The fraction of sp³-hybridized carbons (Fsp3) is 0.263. The van der Waals surface area contributed by atoms with Crippen molar-refractivity contribution in [3.05, 3.63) is 119 Å². The second-order valence-corrected chi connectivity index (χ2v) is 12.8. The number of hydrogen-bond donors (Lipinski definition) is 2. The van der Waals surface area contributed by atoms with Crippen molar-refractivity contribution in [2.75, 3.05) is 18.5 Å². The lowest BCUT2D eigenvalue weighted by Gasteiger charge is -2.37. The highest BCUT2D eigenvalue weighted by atomic mass is 32.1. The molecule has 2 heterocycles. The van der Waals surface area contributed by atoms with Gasteiger partial charge in [-0.15, -0.1) is 11.3 Å². The molecule has 6 nitrogen and oxygen atoms in total. The summed E-state index contributed by atoms with van der Waals surface area (Å²) in [5, 5.41) is 13.7. The molecule has 1 aliphatic heterocycles. The van der Waals surface area contributed by atoms with Gasteiger partial charge in [-0.2, -0.15) is 0 Å². The molecule has 45 heavy (non-hydrogen) atoms. The van der Waals surface area contributed by atoms with Crippen molar-refractivity contribution in [1.29, 1.82) is 0 Å². The highest BCUT2D eigenvalue weighted by Gasteiger charge is 2.39. The van der Waals surface area contributed by atoms with Gasteiger partial charge in [-0.25, -0.2) is 4.98 Å². The van der Waals surface area contributed by atoms with E-state index in [1.807, 2.05) is 37.3 Å². The Balaban J connectivity index is 1.18. The van der Waals surface area contributed by atoms with Crippen LogP contribution in [0.4, 0.5) is 5.69 Å². The fourth-order valence-corrected chi connectivity index (χ4v) is 7.73. The lowest BCUT2D eigenvalue weighted by molar-refractivity contribution is -0.165. The zero-order valence-electron chi connectivity index (χ0n) is 25.5. The number of carbonyl (C=O) groups excluding carboxylic acids is 1. The molecule has 0 spiro atoms. The van der Waals surface area contributed by atoms with Crippen LogP contribution in [0.5, 0.6) is 0 Å². The molecule has 3 atom stereocenters. The predicted molar refractivity (Wildman–Crippen MR) is 180 cm³/mol. The first-order chi connectivity index (χ1) is 22.0. The number of aromatic nitrogens is 1. The van der Waals surface area contributed by atoms with Gasteiger partial charge in [0, 0.05) is 36.3 Å². The summed E-state index contributed by atoms with van der Waals surface area (Å²) < 4.78 is 13.6. The maximum Gasteiger partial charge on any atom is 0.290 e. The van der Waals surface area contributed by atoms with Crippen molar-refractivity contribution < 1.29 is 19.4 Å². The number of aliphatic hydroxyl groups is 1. The summed E-state index contributed by atoms with van der Waals surface area (Å²) in [6.45, 7) is 4.56. The molecule has 228 valence electrons. The van der Waals surface area contributed by atoms with E-state index >= 15 is 0 Å². The monoisotopic (exact) mass is 616 g/mol. The Morgan fingerprint density at radius 1 is 1.04 bits per heavy atom. The first-order valence-corrected chi connectivity index (χ1v) is 16.4. The topological polar surface area (TPSA) is 80.7 Å². The molecular formula is C38H36N2O4S. The summed E-state index contributed by atoms with van der Waals surface area (Å²) in [5.41, 5.74) is 10.2. The number of hydrogen-bond acceptors (Lipinski definition) is 6. The molecule has 1 aromatic heterocycles. The lowest BCUT2D eigenvalue weighted by Crippen LogP contribution is -2.37.